The maximum atomic E-state index is 12.6. The van der Waals surface area contributed by atoms with Gasteiger partial charge in [-0.3, -0.25) is 0 Å². The van der Waals surface area contributed by atoms with Crippen LogP contribution in [-0.2, 0) is 0 Å². The quantitative estimate of drug-likeness (QED) is 0.609. The third-order valence-electron chi connectivity index (χ3n) is 2.71. The number of hydrogen-bond acceptors (Lipinski definition) is 0. The molecule has 0 aromatic carbocycles. The minimum absolute atomic E-state index is 0.0776. The molecule has 0 unspecified atom stereocenters. The van der Waals surface area contributed by atoms with E-state index >= 15 is 0 Å². The SMILES string of the molecule is FC(F)(F)C1=CC=C2C=CC(CCl)=CC=C2C1. The van der Waals surface area contributed by atoms with Gasteiger partial charge in [-0.2, -0.15) is 13.2 Å². The van der Waals surface area contributed by atoms with Crippen molar-refractivity contribution in [2.45, 2.75) is 12.6 Å². The first-order valence-electron chi connectivity index (χ1n) is 5.13. The van der Waals surface area contributed by atoms with Crippen LogP contribution in [0.25, 0.3) is 0 Å². The van der Waals surface area contributed by atoms with Gasteiger partial charge in [0.2, 0.25) is 0 Å². The fourth-order valence-electron chi connectivity index (χ4n) is 1.73. The van der Waals surface area contributed by atoms with Crippen LogP contribution in [-0.4, -0.2) is 12.1 Å². The first kappa shape index (κ1) is 12.2. The van der Waals surface area contributed by atoms with Crippen LogP contribution in [0.3, 0.4) is 0 Å². The summed E-state index contributed by atoms with van der Waals surface area (Å²) >= 11 is 5.69. The van der Waals surface area contributed by atoms with Gasteiger partial charge in [0.15, 0.2) is 0 Å². The zero-order chi connectivity index (χ0) is 12.5. The summed E-state index contributed by atoms with van der Waals surface area (Å²) in [6.45, 7) is 0. The Labute approximate surface area is 102 Å². The van der Waals surface area contributed by atoms with Crippen molar-refractivity contribution in [1.82, 2.24) is 0 Å². The third-order valence-corrected chi connectivity index (χ3v) is 3.02. The molecule has 4 heteroatoms. The van der Waals surface area contributed by atoms with E-state index in [0.717, 1.165) is 17.2 Å². The van der Waals surface area contributed by atoms with Gasteiger partial charge in [-0.25, -0.2) is 0 Å². The molecule has 0 heterocycles. The van der Waals surface area contributed by atoms with Crippen LogP contribution in [0, 0.1) is 0 Å². The number of hydrogen-bond donors (Lipinski definition) is 0. The van der Waals surface area contributed by atoms with Crippen molar-refractivity contribution in [1.29, 1.82) is 0 Å². The van der Waals surface area contributed by atoms with E-state index in [2.05, 4.69) is 0 Å². The molecule has 90 valence electrons. The maximum Gasteiger partial charge on any atom is 0.413 e. The molecule has 0 saturated heterocycles. The van der Waals surface area contributed by atoms with E-state index in [1.54, 1.807) is 18.2 Å². The average molecular weight is 259 g/mol. The molecule has 0 nitrogen and oxygen atoms in total. The molecule has 0 saturated carbocycles. The Morgan fingerprint density at radius 3 is 2.47 bits per heavy atom. The number of allylic oxidation sites excluding steroid dienone is 10. The van der Waals surface area contributed by atoms with E-state index in [9.17, 15) is 13.2 Å². The first-order valence-corrected chi connectivity index (χ1v) is 5.66. The molecule has 0 aromatic rings. The molecule has 0 spiro atoms. The summed E-state index contributed by atoms with van der Waals surface area (Å²) in [6.07, 6.45) is 5.42. The Morgan fingerprint density at radius 1 is 1.06 bits per heavy atom. The zero-order valence-electron chi connectivity index (χ0n) is 8.89. The first-order chi connectivity index (χ1) is 8.00. The van der Waals surface area contributed by atoms with Crippen molar-refractivity contribution in [3.05, 3.63) is 58.7 Å². The van der Waals surface area contributed by atoms with Crippen molar-refractivity contribution >= 4 is 11.6 Å². The summed E-state index contributed by atoms with van der Waals surface area (Å²) in [5, 5.41) is 0. The predicted octanol–water partition coefficient (Wildman–Crippen LogP) is 4.47. The number of alkyl halides is 4. The molecule has 0 aliphatic heterocycles. The van der Waals surface area contributed by atoms with Gasteiger partial charge >= 0.3 is 6.18 Å². The Hall–Kier alpha value is -1.22. The summed E-state index contributed by atoms with van der Waals surface area (Å²) in [7, 11) is 0. The van der Waals surface area contributed by atoms with Crippen molar-refractivity contribution in [3.63, 3.8) is 0 Å². The van der Waals surface area contributed by atoms with Crippen LogP contribution < -0.4 is 0 Å². The van der Waals surface area contributed by atoms with Gasteiger partial charge in [0.05, 0.1) is 0 Å². The second kappa shape index (κ2) is 4.57. The summed E-state index contributed by atoms with van der Waals surface area (Å²) in [4.78, 5) is 0. The molecular weight excluding hydrogens is 249 g/mol. The fraction of sp³-hybridized carbons (Fsp3) is 0.231. The van der Waals surface area contributed by atoms with Crippen molar-refractivity contribution < 1.29 is 13.2 Å². The average Bonchev–Trinajstić information content (AvgIpc) is 2.48. The van der Waals surface area contributed by atoms with Gasteiger partial charge in [-0.15, -0.1) is 11.6 Å². The van der Waals surface area contributed by atoms with Gasteiger partial charge in [0, 0.05) is 17.9 Å². The molecule has 0 fully saturated rings. The second-order valence-corrected chi connectivity index (χ2v) is 4.16. The van der Waals surface area contributed by atoms with Gasteiger partial charge < -0.3 is 0 Å². The topological polar surface area (TPSA) is 0 Å². The van der Waals surface area contributed by atoms with Gasteiger partial charge in [-0.1, -0.05) is 36.5 Å². The van der Waals surface area contributed by atoms with Gasteiger partial charge in [0.1, 0.15) is 0 Å². The fourth-order valence-corrected chi connectivity index (χ4v) is 1.90. The van der Waals surface area contributed by atoms with Crippen LogP contribution in [0.5, 0.6) is 0 Å². The van der Waals surface area contributed by atoms with E-state index < -0.39 is 11.7 Å². The minimum atomic E-state index is -4.25. The lowest BCUT2D eigenvalue weighted by atomic mass is 9.92. The molecule has 0 aromatic heterocycles. The minimum Gasteiger partial charge on any atom is -0.166 e. The molecule has 0 N–H and O–H groups in total. The molecule has 2 aliphatic rings. The highest BCUT2D eigenvalue weighted by molar-refractivity contribution is 6.19. The molecule has 0 atom stereocenters. The summed E-state index contributed by atoms with van der Waals surface area (Å²) in [5.41, 5.74) is 1.87. The number of rotatable bonds is 1. The molecule has 0 bridgehead atoms. The highest BCUT2D eigenvalue weighted by Gasteiger charge is 2.34. The Kier molecular flexibility index (Phi) is 3.29. The normalized spacial score (nSPS) is 19.8. The van der Waals surface area contributed by atoms with Gasteiger partial charge in [-0.05, 0) is 16.7 Å². The maximum absolute atomic E-state index is 12.6. The standard InChI is InChI=1S/C13H10ClF3/c14-8-9-1-3-10-5-6-12(13(15,16)17)7-11(10)4-2-9/h1-6H,7-8H2. The molecule has 2 aliphatic carbocycles. The smallest absolute Gasteiger partial charge is 0.166 e. The lowest BCUT2D eigenvalue weighted by Gasteiger charge is -2.17. The lowest BCUT2D eigenvalue weighted by Crippen LogP contribution is -2.14. The van der Waals surface area contributed by atoms with E-state index in [-0.39, 0.29) is 6.42 Å². The third kappa shape index (κ3) is 2.72. The molecule has 0 amide bonds. The molecule has 0 radical (unpaired) electrons. The highest BCUT2D eigenvalue weighted by atomic mass is 35.5. The van der Waals surface area contributed by atoms with E-state index in [1.807, 2.05) is 6.08 Å². The Balaban J connectivity index is 2.33. The number of halogens is 4. The van der Waals surface area contributed by atoms with Crippen LogP contribution in [0.4, 0.5) is 13.2 Å². The van der Waals surface area contributed by atoms with E-state index in [1.165, 1.54) is 6.08 Å². The van der Waals surface area contributed by atoms with Crippen molar-refractivity contribution in [2.75, 3.05) is 5.88 Å². The van der Waals surface area contributed by atoms with Crippen LogP contribution in [0.2, 0.25) is 0 Å². The van der Waals surface area contributed by atoms with Crippen LogP contribution in [0.1, 0.15) is 6.42 Å². The summed E-state index contributed by atoms with van der Waals surface area (Å²) in [6, 6.07) is 0. The largest absolute Gasteiger partial charge is 0.413 e. The second-order valence-electron chi connectivity index (χ2n) is 3.89. The Bertz CT molecular complexity index is 473. The molecule has 2 rings (SSSR count). The molecular formula is C13H10ClF3. The monoisotopic (exact) mass is 258 g/mol. The van der Waals surface area contributed by atoms with E-state index in [0.29, 0.717) is 11.5 Å². The Morgan fingerprint density at radius 2 is 1.82 bits per heavy atom. The highest BCUT2D eigenvalue weighted by Crippen LogP contribution is 2.36. The lowest BCUT2D eigenvalue weighted by molar-refractivity contribution is -0.0932. The van der Waals surface area contributed by atoms with Crippen LogP contribution in [0.15, 0.2) is 58.7 Å². The summed E-state index contributed by atoms with van der Waals surface area (Å²) in [5.74, 6) is 0.354. The van der Waals surface area contributed by atoms with E-state index in [4.69, 9.17) is 11.6 Å². The van der Waals surface area contributed by atoms with Gasteiger partial charge in [0.25, 0.3) is 0 Å². The molecule has 17 heavy (non-hydrogen) atoms. The number of fused-ring (bicyclic) bond motifs is 1. The predicted molar refractivity (Wildman–Crippen MR) is 62.9 cm³/mol. The summed E-state index contributed by atoms with van der Waals surface area (Å²) < 4.78 is 37.7. The van der Waals surface area contributed by atoms with Crippen LogP contribution >= 0.6 is 11.6 Å². The van der Waals surface area contributed by atoms with Crippen molar-refractivity contribution in [3.8, 4) is 0 Å². The van der Waals surface area contributed by atoms with Crippen molar-refractivity contribution in [2.24, 2.45) is 0 Å². The zero-order valence-corrected chi connectivity index (χ0v) is 9.65.